The summed E-state index contributed by atoms with van der Waals surface area (Å²) in [7, 11) is -2.94. The van der Waals surface area contributed by atoms with E-state index in [1.54, 1.807) is 0 Å². The van der Waals surface area contributed by atoms with Crippen LogP contribution >= 0.6 is 7.60 Å². The topological polar surface area (TPSA) is 61.6 Å². The van der Waals surface area contributed by atoms with E-state index >= 15 is 0 Å². The molecule has 0 atom stereocenters. The molecule has 1 fully saturated rings. The normalized spacial score (nSPS) is 26.1. The van der Waals surface area contributed by atoms with Gasteiger partial charge in [0.25, 0.3) is 0 Å². The van der Waals surface area contributed by atoms with Crippen LogP contribution in [0.3, 0.4) is 0 Å². The third-order valence-corrected chi connectivity index (χ3v) is 4.15. The lowest BCUT2D eigenvalue weighted by Crippen LogP contribution is -2.39. The van der Waals surface area contributed by atoms with E-state index in [1.165, 1.54) is 0 Å². The average molecular weight is 221 g/mol. The number of nitrogens with two attached hydrogens (primary N) is 1. The maximum absolute atomic E-state index is 12.0. The molecule has 5 heteroatoms. The zero-order valence-electron chi connectivity index (χ0n) is 9.37. The van der Waals surface area contributed by atoms with Gasteiger partial charge in [0.05, 0.1) is 19.4 Å². The lowest BCUT2D eigenvalue weighted by atomic mass is 9.97. The summed E-state index contributed by atoms with van der Waals surface area (Å²) < 4.78 is 22.6. The molecule has 0 aromatic rings. The fraction of sp³-hybridized carbons (Fsp3) is 1.00. The van der Waals surface area contributed by atoms with Gasteiger partial charge in [-0.15, -0.1) is 0 Å². The van der Waals surface area contributed by atoms with Gasteiger partial charge in [-0.1, -0.05) is 13.8 Å². The number of hydrogen-bond donors (Lipinski definition) is 1. The molecule has 0 aliphatic carbocycles. The van der Waals surface area contributed by atoms with Gasteiger partial charge in [0.1, 0.15) is 0 Å². The Morgan fingerprint density at radius 3 is 2.14 bits per heavy atom. The monoisotopic (exact) mass is 221 g/mol. The van der Waals surface area contributed by atoms with Gasteiger partial charge >= 0.3 is 7.60 Å². The van der Waals surface area contributed by atoms with Crippen LogP contribution in [0.4, 0.5) is 0 Å². The van der Waals surface area contributed by atoms with Crippen molar-refractivity contribution in [2.45, 2.75) is 33.2 Å². The molecule has 0 radical (unpaired) electrons. The van der Waals surface area contributed by atoms with Crippen molar-refractivity contribution in [3.05, 3.63) is 0 Å². The minimum Gasteiger partial charge on any atom is -0.325 e. The Morgan fingerprint density at radius 2 is 1.79 bits per heavy atom. The van der Waals surface area contributed by atoms with E-state index in [-0.39, 0.29) is 11.6 Å². The van der Waals surface area contributed by atoms with E-state index in [2.05, 4.69) is 0 Å². The predicted octanol–water partition coefficient (Wildman–Crippen LogP) is 1.99. The Morgan fingerprint density at radius 1 is 1.36 bits per heavy atom. The average Bonchev–Trinajstić information content (AvgIpc) is 1.93. The van der Waals surface area contributed by atoms with Gasteiger partial charge in [0.2, 0.25) is 0 Å². The van der Waals surface area contributed by atoms with Crippen molar-refractivity contribution in [3.8, 4) is 0 Å². The summed E-state index contributed by atoms with van der Waals surface area (Å²) >= 11 is 0. The van der Waals surface area contributed by atoms with Crippen LogP contribution in [0.5, 0.6) is 0 Å². The summed E-state index contributed by atoms with van der Waals surface area (Å²) in [4.78, 5) is 0. The second-order valence-corrected chi connectivity index (χ2v) is 7.52. The van der Waals surface area contributed by atoms with Crippen LogP contribution in [-0.2, 0) is 13.6 Å². The predicted molar refractivity (Wildman–Crippen MR) is 56.4 cm³/mol. The van der Waals surface area contributed by atoms with Crippen molar-refractivity contribution in [1.29, 1.82) is 0 Å². The Bertz CT molecular complexity index is 243. The van der Waals surface area contributed by atoms with Crippen LogP contribution < -0.4 is 5.73 Å². The molecule has 1 heterocycles. The van der Waals surface area contributed by atoms with Gasteiger partial charge in [0, 0.05) is 11.0 Å². The molecule has 1 rings (SSSR count). The Hall–Kier alpha value is 0.110. The summed E-state index contributed by atoms with van der Waals surface area (Å²) in [6.45, 7) is 8.62. The van der Waals surface area contributed by atoms with Crippen molar-refractivity contribution >= 4 is 7.60 Å². The van der Waals surface area contributed by atoms with Crippen molar-refractivity contribution < 1.29 is 13.6 Å². The standard InChI is InChI=1S/C9H20NO3P/c1-8(2)5-12-14(11,13-6-8)7-9(3,4)10/h5-7,10H2,1-4H3. The Balaban J connectivity index is 2.59. The Kier molecular flexibility index (Phi) is 3.13. The third kappa shape index (κ3) is 3.70. The lowest BCUT2D eigenvalue weighted by Gasteiger charge is -2.36. The smallest absolute Gasteiger partial charge is 0.325 e. The number of rotatable bonds is 2. The van der Waals surface area contributed by atoms with E-state index in [4.69, 9.17) is 14.8 Å². The highest BCUT2D eigenvalue weighted by atomic mass is 31.2. The molecule has 1 aliphatic rings. The largest absolute Gasteiger partial charge is 0.332 e. The van der Waals surface area contributed by atoms with E-state index < -0.39 is 13.1 Å². The second-order valence-electron chi connectivity index (χ2n) is 5.47. The molecule has 0 amide bonds. The molecular formula is C9H20NO3P. The fourth-order valence-corrected chi connectivity index (χ4v) is 3.56. The number of hydrogen-bond acceptors (Lipinski definition) is 4. The first-order chi connectivity index (χ1) is 6.12. The minimum atomic E-state index is -2.94. The third-order valence-electron chi connectivity index (χ3n) is 1.91. The highest BCUT2D eigenvalue weighted by molar-refractivity contribution is 7.54. The van der Waals surface area contributed by atoms with Crippen molar-refractivity contribution in [3.63, 3.8) is 0 Å². The van der Waals surface area contributed by atoms with Crippen LogP contribution in [0.15, 0.2) is 0 Å². The van der Waals surface area contributed by atoms with Crippen LogP contribution in [0, 0.1) is 5.41 Å². The van der Waals surface area contributed by atoms with Gasteiger partial charge in [-0.25, -0.2) is 0 Å². The molecule has 0 unspecified atom stereocenters. The lowest BCUT2D eigenvalue weighted by molar-refractivity contribution is 0.0402. The van der Waals surface area contributed by atoms with Crippen LogP contribution in [0.25, 0.3) is 0 Å². The summed E-state index contributed by atoms with van der Waals surface area (Å²) in [5.74, 6) is 0. The zero-order valence-corrected chi connectivity index (χ0v) is 10.3. The SMILES string of the molecule is CC(C)(N)CP1(=O)OCC(C)(C)CO1. The highest BCUT2D eigenvalue weighted by Crippen LogP contribution is 2.54. The van der Waals surface area contributed by atoms with E-state index in [0.29, 0.717) is 13.2 Å². The molecular weight excluding hydrogens is 201 g/mol. The fourth-order valence-electron chi connectivity index (χ4n) is 1.22. The van der Waals surface area contributed by atoms with E-state index in [1.807, 2.05) is 27.7 Å². The van der Waals surface area contributed by atoms with Crippen molar-refractivity contribution in [2.75, 3.05) is 19.4 Å². The molecule has 4 nitrogen and oxygen atoms in total. The maximum Gasteiger partial charge on any atom is 0.332 e. The zero-order chi connectivity index (χ0) is 11.0. The van der Waals surface area contributed by atoms with Gasteiger partial charge in [0.15, 0.2) is 0 Å². The molecule has 0 saturated carbocycles. The first-order valence-corrected chi connectivity index (χ1v) is 6.52. The summed E-state index contributed by atoms with van der Waals surface area (Å²) in [6, 6.07) is 0. The molecule has 0 spiro atoms. The summed E-state index contributed by atoms with van der Waals surface area (Å²) in [5.41, 5.74) is 5.22. The maximum atomic E-state index is 12.0. The Labute approximate surface area is 85.7 Å². The van der Waals surface area contributed by atoms with E-state index in [9.17, 15) is 4.57 Å². The molecule has 14 heavy (non-hydrogen) atoms. The molecule has 0 aromatic heterocycles. The van der Waals surface area contributed by atoms with E-state index in [0.717, 1.165) is 0 Å². The minimum absolute atomic E-state index is 0.0490. The van der Waals surface area contributed by atoms with Crippen molar-refractivity contribution in [2.24, 2.45) is 11.1 Å². The van der Waals surface area contributed by atoms with Gasteiger partial charge in [-0.3, -0.25) is 4.57 Å². The van der Waals surface area contributed by atoms with Gasteiger partial charge < -0.3 is 14.8 Å². The second kappa shape index (κ2) is 3.60. The summed E-state index contributed by atoms with van der Waals surface area (Å²) in [5, 5.41) is 0. The van der Waals surface area contributed by atoms with Crippen molar-refractivity contribution in [1.82, 2.24) is 0 Å². The van der Waals surface area contributed by atoms with Gasteiger partial charge in [-0.2, -0.15) is 0 Å². The summed E-state index contributed by atoms with van der Waals surface area (Å²) in [6.07, 6.45) is 0.274. The molecule has 1 aliphatic heterocycles. The first kappa shape index (κ1) is 12.2. The molecule has 2 N–H and O–H groups in total. The quantitative estimate of drug-likeness (QED) is 0.724. The first-order valence-electron chi connectivity index (χ1n) is 4.79. The molecule has 0 bridgehead atoms. The molecule has 84 valence electrons. The highest BCUT2D eigenvalue weighted by Gasteiger charge is 2.39. The van der Waals surface area contributed by atoms with Crippen LogP contribution in [-0.4, -0.2) is 24.9 Å². The molecule has 1 saturated heterocycles. The molecule has 0 aromatic carbocycles. The van der Waals surface area contributed by atoms with Gasteiger partial charge in [-0.05, 0) is 13.8 Å². The van der Waals surface area contributed by atoms with Crippen LogP contribution in [0.2, 0.25) is 0 Å². The van der Waals surface area contributed by atoms with Crippen LogP contribution in [0.1, 0.15) is 27.7 Å².